The van der Waals surface area contributed by atoms with E-state index in [2.05, 4.69) is 0 Å². The molecule has 2 aromatic rings. The van der Waals surface area contributed by atoms with Crippen molar-refractivity contribution in [2.45, 2.75) is 94.3 Å². The second-order valence-electron chi connectivity index (χ2n) is 15.6. The van der Waals surface area contributed by atoms with Gasteiger partial charge in [-0.3, -0.25) is 4.79 Å². The van der Waals surface area contributed by atoms with E-state index in [0.29, 0.717) is 62.0 Å². The molecule has 4 rings (SSSR count). The number of likely N-dealkylation sites (N-methyl/N-ethyl adjacent to an activating group) is 1. The molecule has 0 spiro atoms. The average Bonchev–Trinajstić information content (AvgIpc) is 3.51. The summed E-state index contributed by atoms with van der Waals surface area (Å²) in [4.78, 5) is 13.2. The highest BCUT2D eigenvalue weighted by Gasteiger charge is 2.47. The zero-order chi connectivity index (χ0) is 45.4. The van der Waals surface area contributed by atoms with Crippen LogP contribution in [0, 0.1) is 0 Å². The molecule has 2 unspecified atom stereocenters. The smallest absolute Gasteiger partial charge is 0.307 e. The standard InChI is InChI=1S/C41H54N2O14S4/c1-4-42-35-21-19-32(61(55,56)57)30-34(35)41(3,23-11-14-26-59(49,50)51)37(42)16-8-6-5-7-9-17-38-40(2,22-10-13-25-58(46,47)48)33-28-31(29-39(44)45)18-20-36(33)43(38)24-12-15-27-60(52,53)54/h5-9,16-21,28,30H,4,10-15,22-27,29H2,1-3H3,(H4-,44,45,46,47,48,49,50,51,52,53,54,55,56,57)/p-3. The minimum atomic E-state index is -4.78. The van der Waals surface area contributed by atoms with E-state index in [0.717, 1.165) is 22.7 Å². The van der Waals surface area contributed by atoms with E-state index < -0.39 is 79.4 Å². The van der Waals surface area contributed by atoms with Gasteiger partial charge < -0.3 is 28.2 Å². The Morgan fingerprint density at radius 2 is 1.26 bits per heavy atom. The second kappa shape index (κ2) is 20.0. The number of carboxylic acids is 1. The van der Waals surface area contributed by atoms with Crippen molar-refractivity contribution in [2.24, 2.45) is 0 Å². The van der Waals surface area contributed by atoms with Crippen LogP contribution in [0.4, 0.5) is 11.4 Å². The fourth-order valence-corrected chi connectivity index (χ4v) is 10.4. The molecule has 20 heteroatoms. The van der Waals surface area contributed by atoms with Gasteiger partial charge >= 0.3 is 5.97 Å². The molecular weight excluding hydrogens is 873 g/mol. The van der Waals surface area contributed by atoms with Crippen LogP contribution in [0.15, 0.2) is 89.5 Å². The molecule has 0 radical (unpaired) electrons. The van der Waals surface area contributed by atoms with Crippen LogP contribution in [0.5, 0.6) is 0 Å². The predicted octanol–water partition coefficient (Wildman–Crippen LogP) is 4.68. The lowest BCUT2D eigenvalue weighted by atomic mass is 9.75. The van der Waals surface area contributed by atoms with Gasteiger partial charge in [0.15, 0.2) is 5.71 Å². The summed E-state index contributed by atoms with van der Waals surface area (Å²) in [5.74, 6) is -2.67. The van der Waals surface area contributed by atoms with Crippen molar-refractivity contribution < 1.29 is 66.4 Å². The Hall–Kier alpha value is -4.02. The van der Waals surface area contributed by atoms with Crippen molar-refractivity contribution in [3.63, 3.8) is 0 Å². The molecule has 0 saturated carbocycles. The van der Waals surface area contributed by atoms with Crippen molar-refractivity contribution in [3.8, 4) is 0 Å². The minimum Gasteiger partial charge on any atom is -0.748 e. The first-order chi connectivity index (χ1) is 28.3. The number of anilines is 1. The predicted molar refractivity (Wildman–Crippen MR) is 226 cm³/mol. The molecule has 0 aliphatic carbocycles. The molecule has 1 N–H and O–H groups in total. The third kappa shape index (κ3) is 13.5. The van der Waals surface area contributed by atoms with Crippen LogP contribution in [0.3, 0.4) is 0 Å². The van der Waals surface area contributed by atoms with Gasteiger partial charge in [0.25, 0.3) is 0 Å². The number of carboxylic acid groups (broad SMARTS) is 1. The summed E-state index contributed by atoms with van der Waals surface area (Å²) in [5, 5.41) is 9.51. The number of hydrogen-bond acceptors (Lipinski definition) is 14. The number of allylic oxidation sites excluding steroid dienone is 8. The summed E-state index contributed by atoms with van der Waals surface area (Å²) in [6.07, 6.45) is 14.3. The number of nitrogens with zero attached hydrogens (tertiary/aromatic N) is 2. The van der Waals surface area contributed by atoms with Gasteiger partial charge in [0, 0.05) is 64.7 Å². The summed E-state index contributed by atoms with van der Waals surface area (Å²) in [7, 11) is -18.1. The lowest BCUT2D eigenvalue weighted by Crippen LogP contribution is -2.31. The largest absolute Gasteiger partial charge is 0.748 e. The van der Waals surface area contributed by atoms with E-state index in [-0.39, 0.29) is 25.7 Å². The molecule has 0 aromatic heterocycles. The summed E-state index contributed by atoms with van der Waals surface area (Å²) in [6.45, 7) is 6.50. The molecule has 0 amide bonds. The zero-order valence-electron chi connectivity index (χ0n) is 34.2. The normalized spacial score (nSPS) is 20.5. The van der Waals surface area contributed by atoms with Crippen molar-refractivity contribution in [1.29, 1.82) is 0 Å². The van der Waals surface area contributed by atoms with Crippen molar-refractivity contribution in [3.05, 3.63) is 101 Å². The topological polar surface area (TPSA) is 272 Å². The van der Waals surface area contributed by atoms with E-state index in [1.165, 1.54) is 12.1 Å². The maximum Gasteiger partial charge on any atom is 0.307 e. The van der Waals surface area contributed by atoms with Gasteiger partial charge in [-0.2, -0.15) is 4.58 Å². The molecule has 61 heavy (non-hydrogen) atoms. The van der Waals surface area contributed by atoms with Gasteiger partial charge in [-0.05, 0) is 94.3 Å². The summed E-state index contributed by atoms with van der Waals surface area (Å²) >= 11 is 0. The van der Waals surface area contributed by atoms with Gasteiger partial charge in [-0.25, -0.2) is 33.7 Å². The molecule has 2 heterocycles. The highest BCUT2D eigenvalue weighted by Crippen LogP contribution is 2.51. The summed E-state index contributed by atoms with van der Waals surface area (Å²) < 4.78 is 140. The van der Waals surface area contributed by atoms with Crippen LogP contribution in [0.25, 0.3) is 0 Å². The van der Waals surface area contributed by atoms with Crippen LogP contribution >= 0.6 is 0 Å². The Morgan fingerprint density at radius 3 is 1.82 bits per heavy atom. The SMILES string of the molecule is CCN1/C(=C/C=C/C=C/C=C/C2=[N+](CCCCS(=O)(=O)[O-])c3ccc(CC(=O)O)cc3C2(C)CCCCS(=O)(=O)[O-])C(C)(CCCCS(=O)(=O)[O-])c2cc(S(=O)(=O)[O-])ccc21. The monoisotopic (exact) mass is 923 g/mol. The molecule has 2 atom stereocenters. The quantitative estimate of drug-likeness (QED) is 0.0686. The first-order valence-corrected chi connectivity index (χ1v) is 25.8. The highest BCUT2D eigenvalue weighted by atomic mass is 32.2. The molecule has 0 fully saturated rings. The molecule has 2 aromatic carbocycles. The molecule has 0 bridgehead atoms. The zero-order valence-corrected chi connectivity index (χ0v) is 37.5. The number of unbranched alkanes of at least 4 members (excludes halogenated alkanes) is 3. The third-order valence-electron chi connectivity index (χ3n) is 11.1. The maximum absolute atomic E-state index is 12.0. The second-order valence-corrected chi connectivity index (χ2v) is 21.5. The number of fused-ring (bicyclic) bond motifs is 2. The van der Waals surface area contributed by atoms with Crippen molar-refractivity contribution in [1.82, 2.24) is 0 Å². The Bertz CT molecular complexity index is 2580. The minimum absolute atomic E-state index is 0.0920. The molecule has 0 saturated heterocycles. The van der Waals surface area contributed by atoms with Crippen molar-refractivity contribution in [2.75, 3.05) is 35.2 Å². The molecule has 336 valence electrons. The Labute approximate surface area is 359 Å². The lowest BCUT2D eigenvalue weighted by molar-refractivity contribution is -0.438. The van der Waals surface area contributed by atoms with E-state index in [9.17, 15) is 61.8 Å². The summed E-state index contributed by atoms with van der Waals surface area (Å²) in [6, 6.07) is 9.43. The Balaban J connectivity index is 1.69. The fraction of sp³-hybridized carbons (Fsp3) is 0.463. The van der Waals surface area contributed by atoms with E-state index in [4.69, 9.17) is 0 Å². The fourth-order valence-electron chi connectivity index (χ4n) is 8.23. The lowest BCUT2D eigenvalue weighted by Gasteiger charge is -2.30. The molecule has 16 nitrogen and oxygen atoms in total. The number of hydrogen-bond donors (Lipinski definition) is 1. The number of carbonyl (C=O) groups is 1. The van der Waals surface area contributed by atoms with Crippen LogP contribution in [0.2, 0.25) is 0 Å². The Kier molecular flexibility index (Phi) is 16.3. The van der Waals surface area contributed by atoms with Gasteiger partial charge in [0.2, 0.25) is 5.69 Å². The van der Waals surface area contributed by atoms with Crippen molar-refractivity contribution >= 4 is 63.5 Å². The van der Waals surface area contributed by atoms with E-state index in [1.54, 1.807) is 54.6 Å². The first kappa shape index (κ1) is 49.6. The van der Waals surface area contributed by atoms with Crippen LogP contribution in [0.1, 0.15) is 88.8 Å². The number of aliphatic carboxylic acids is 1. The van der Waals surface area contributed by atoms with Gasteiger partial charge in [0.1, 0.15) is 16.7 Å². The summed E-state index contributed by atoms with van der Waals surface area (Å²) in [5.41, 5.74) is 3.19. The van der Waals surface area contributed by atoms with Crippen LogP contribution in [-0.2, 0) is 62.5 Å². The molecular formula is C41H51N2O14S4-3. The van der Waals surface area contributed by atoms with Gasteiger partial charge in [-0.15, -0.1) is 0 Å². The molecule has 2 aliphatic rings. The number of benzene rings is 2. The number of rotatable bonds is 23. The highest BCUT2D eigenvalue weighted by molar-refractivity contribution is 7.86. The van der Waals surface area contributed by atoms with E-state index in [1.807, 2.05) is 42.4 Å². The van der Waals surface area contributed by atoms with Crippen LogP contribution < -0.4 is 4.90 Å². The van der Waals surface area contributed by atoms with E-state index >= 15 is 0 Å². The van der Waals surface area contributed by atoms with Gasteiger partial charge in [0.05, 0.1) is 47.1 Å². The van der Waals surface area contributed by atoms with Crippen LogP contribution in [-0.4, -0.2) is 104 Å². The average molecular weight is 924 g/mol. The maximum atomic E-state index is 12.0. The Morgan fingerprint density at radius 1 is 0.705 bits per heavy atom. The third-order valence-corrected chi connectivity index (χ3v) is 14.3. The van der Waals surface area contributed by atoms with Gasteiger partial charge in [-0.1, -0.05) is 49.3 Å². The first-order valence-electron chi connectivity index (χ1n) is 19.7. The molecule has 2 aliphatic heterocycles.